The van der Waals surface area contributed by atoms with Crippen molar-refractivity contribution < 1.29 is 4.39 Å². The van der Waals surface area contributed by atoms with Gasteiger partial charge in [-0.05, 0) is 54.7 Å². The van der Waals surface area contributed by atoms with Crippen LogP contribution in [0.3, 0.4) is 0 Å². The van der Waals surface area contributed by atoms with Crippen molar-refractivity contribution in [1.29, 1.82) is 0 Å². The molecule has 0 fully saturated rings. The molecule has 122 valence electrons. The molecular weight excluding hydrogens is 321 g/mol. The van der Waals surface area contributed by atoms with Crippen molar-refractivity contribution in [3.05, 3.63) is 66.1 Å². The topological polar surface area (TPSA) is 12.9 Å². The number of terminal acetylenes is 1. The van der Waals surface area contributed by atoms with Gasteiger partial charge >= 0.3 is 0 Å². The molecule has 0 N–H and O–H groups in total. The van der Waals surface area contributed by atoms with E-state index in [2.05, 4.69) is 23.0 Å². The number of pyridine rings is 1. The number of aryl methyl sites for hydroxylation is 1. The Morgan fingerprint density at radius 2 is 1.83 bits per heavy atom. The molecule has 0 spiro atoms. The molecule has 1 aromatic heterocycles. The predicted molar refractivity (Wildman–Crippen MR) is 101 cm³/mol. The quantitative estimate of drug-likeness (QED) is 0.422. The standard InChI is InChI=1S/C21H18FN.ClH/c1-2-3-4-5-8-16-9-7-12-21-20(16)14-18(15-23-21)17-10-6-11-19(22)13-17;/h1,6-7,9-15H,3-5,8H2;1H. The lowest BCUT2D eigenvalue weighted by molar-refractivity contribution is 0.628. The summed E-state index contributed by atoms with van der Waals surface area (Å²) in [6.45, 7) is 0. The maximum atomic E-state index is 13.4. The third-order valence-corrected chi connectivity index (χ3v) is 3.99. The predicted octanol–water partition coefficient (Wildman–Crippen LogP) is 5.81. The van der Waals surface area contributed by atoms with Gasteiger partial charge in [-0.3, -0.25) is 4.98 Å². The molecule has 0 bridgehead atoms. The molecule has 1 heterocycles. The molecule has 3 heteroatoms. The van der Waals surface area contributed by atoms with Gasteiger partial charge in [0, 0.05) is 23.6 Å². The maximum Gasteiger partial charge on any atom is 0.123 e. The van der Waals surface area contributed by atoms with E-state index >= 15 is 0 Å². The van der Waals surface area contributed by atoms with Gasteiger partial charge in [-0.1, -0.05) is 24.3 Å². The highest BCUT2D eigenvalue weighted by Gasteiger charge is 2.06. The van der Waals surface area contributed by atoms with E-state index in [1.54, 1.807) is 18.3 Å². The smallest absolute Gasteiger partial charge is 0.123 e. The molecule has 0 amide bonds. The molecule has 1 nitrogen and oxygen atoms in total. The first kappa shape index (κ1) is 18.0. The summed E-state index contributed by atoms with van der Waals surface area (Å²) < 4.78 is 13.4. The molecule has 2 aromatic carbocycles. The van der Waals surface area contributed by atoms with Gasteiger partial charge in [-0.15, -0.1) is 24.8 Å². The van der Waals surface area contributed by atoms with E-state index in [0.29, 0.717) is 0 Å². The summed E-state index contributed by atoms with van der Waals surface area (Å²) in [5.74, 6) is 2.45. The average molecular weight is 340 g/mol. The first-order valence-corrected chi connectivity index (χ1v) is 7.85. The van der Waals surface area contributed by atoms with Crippen LogP contribution in [0.2, 0.25) is 0 Å². The fourth-order valence-electron chi connectivity index (χ4n) is 2.80. The monoisotopic (exact) mass is 339 g/mol. The van der Waals surface area contributed by atoms with Crippen molar-refractivity contribution in [3.63, 3.8) is 0 Å². The molecular formula is C21H19ClFN. The second-order valence-electron chi connectivity index (χ2n) is 5.63. The molecule has 0 atom stereocenters. The minimum Gasteiger partial charge on any atom is -0.256 e. The zero-order valence-electron chi connectivity index (χ0n) is 13.3. The zero-order chi connectivity index (χ0) is 16.1. The van der Waals surface area contributed by atoms with Gasteiger partial charge in [0.25, 0.3) is 0 Å². The average Bonchev–Trinajstić information content (AvgIpc) is 2.58. The lowest BCUT2D eigenvalue weighted by Crippen LogP contribution is -1.91. The highest BCUT2D eigenvalue weighted by molar-refractivity contribution is 5.86. The SMILES string of the molecule is C#CCCCCc1cccc2ncc(-c3cccc(F)c3)cc12.Cl. The number of hydrogen-bond acceptors (Lipinski definition) is 1. The van der Waals surface area contributed by atoms with E-state index in [9.17, 15) is 4.39 Å². The number of rotatable bonds is 5. The van der Waals surface area contributed by atoms with Crippen LogP contribution in [-0.4, -0.2) is 4.98 Å². The van der Waals surface area contributed by atoms with Crippen LogP contribution in [0, 0.1) is 18.2 Å². The third kappa shape index (κ3) is 4.13. The van der Waals surface area contributed by atoms with Crippen molar-refractivity contribution in [2.24, 2.45) is 0 Å². The molecule has 0 aliphatic heterocycles. The number of hydrogen-bond donors (Lipinski definition) is 0. The zero-order valence-corrected chi connectivity index (χ0v) is 14.2. The Balaban J connectivity index is 0.00000208. The van der Waals surface area contributed by atoms with E-state index in [1.807, 2.05) is 18.2 Å². The molecule has 0 saturated heterocycles. The Bertz CT molecular complexity index is 867. The summed E-state index contributed by atoms with van der Waals surface area (Å²) in [6, 6.07) is 14.9. The van der Waals surface area contributed by atoms with Crippen LogP contribution in [0.1, 0.15) is 24.8 Å². The first-order chi connectivity index (χ1) is 11.3. The fourth-order valence-corrected chi connectivity index (χ4v) is 2.80. The summed E-state index contributed by atoms with van der Waals surface area (Å²) >= 11 is 0. The van der Waals surface area contributed by atoms with Crippen LogP contribution >= 0.6 is 12.4 Å². The van der Waals surface area contributed by atoms with Crippen LogP contribution in [0.4, 0.5) is 4.39 Å². The van der Waals surface area contributed by atoms with Gasteiger partial charge in [0.2, 0.25) is 0 Å². The number of aromatic nitrogens is 1. The van der Waals surface area contributed by atoms with Gasteiger partial charge in [0.1, 0.15) is 5.82 Å². The largest absolute Gasteiger partial charge is 0.256 e. The van der Waals surface area contributed by atoms with Crippen molar-refractivity contribution >= 4 is 23.3 Å². The van der Waals surface area contributed by atoms with E-state index in [4.69, 9.17) is 6.42 Å². The normalized spacial score (nSPS) is 10.2. The summed E-state index contributed by atoms with van der Waals surface area (Å²) in [6.07, 6.45) is 11.0. The molecule has 3 rings (SSSR count). The minimum absolute atomic E-state index is 0. The third-order valence-electron chi connectivity index (χ3n) is 3.99. The molecule has 0 aliphatic rings. The van der Waals surface area contributed by atoms with Crippen LogP contribution in [-0.2, 0) is 6.42 Å². The van der Waals surface area contributed by atoms with E-state index < -0.39 is 0 Å². The Hall–Kier alpha value is -2.37. The summed E-state index contributed by atoms with van der Waals surface area (Å²) in [4.78, 5) is 4.54. The Labute approximate surface area is 148 Å². The molecule has 24 heavy (non-hydrogen) atoms. The maximum absolute atomic E-state index is 13.4. The van der Waals surface area contributed by atoms with Crippen molar-refractivity contribution in [3.8, 4) is 23.5 Å². The van der Waals surface area contributed by atoms with Crippen LogP contribution in [0.5, 0.6) is 0 Å². The second kappa shape index (κ2) is 8.47. The van der Waals surface area contributed by atoms with Crippen LogP contribution in [0.25, 0.3) is 22.0 Å². The molecule has 3 aromatic rings. The summed E-state index contributed by atoms with van der Waals surface area (Å²) in [7, 11) is 0. The van der Waals surface area contributed by atoms with E-state index in [1.165, 1.54) is 11.6 Å². The molecule has 0 unspecified atom stereocenters. The number of halogens is 2. The Morgan fingerprint density at radius 3 is 2.62 bits per heavy atom. The van der Waals surface area contributed by atoms with Gasteiger partial charge in [-0.2, -0.15) is 0 Å². The van der Waals surface area contributed by atoms with Gasteiger partial charge in [0.15, 0.2) is 0 Å². The van der Waals surface area contributed by atoms with Crippen molar-refractivity contribution in [2.45, 2.75) is 25.7 Å². The highest BCUT2D eigenvalue weighted by Crippen LogP contribution is 2.26. The Kier molecular flexibility index (Phi) is 6.35. The van der Waals surface area contributed by atoms with E-state index in [-0.39, 0.29) is 18.2 Å². The number of fused-ring (bicyclic) bond motifs is 1. The van der Waals surface area contributed by atoms with Gasteiger partial charge in [-0.25, -0.2) is 4.39 Å². The first-order valence-electron chi connectivity index (χ1n) is 7.85. The van der Waals surface area contributed by atoms with Gasteiger partial charge < -0.3 is 0 Å². The van der Waals surface area contributed by atoms with Crippen LogP contribution in [0.15, 0.2) is 54.7 Å². The lowest BCUT2D eigenvalue weighted by Gasteiger charge is -2.08. The molecule has 0 aliphatic carbocycles. The summed E-state index contributed by atoms with van der Waals surface area (Å²) in [5, 5.41) is 1.13. The van der Waals surface area contributed by atoms with E-state index in [0.717, 1.165) is 47.7 Å². The van der Waals surface area contributed by atoms with Crippen LogP contribution < -0.4 is 0 Å². The number of unbranched alkanes of at least 4 members (excludes halogenated alkanes) is 2. The highest BCUT2D eigenvalue weighted by atomic mass is 35.5. The fraction of sp³-hybridized carbons (Fsp3) is 0.190. The molecule has 0 radical (unpaired) electrons. The van der Waals surface area contributed by atoms with Gasteiger partial charge in [0.05, 0.1) is 5.52 Å². The molecule has 0 saturated carbocycles. The summed E-state index contributed by atoms with van der Waals surface area (Å²) in [5.41, 5.74) is 4.03. The van der Waals surface area contributed by atoms with Crippen molar-refractivity contribution in [2.75, 3.05) is 0 Å². The van der Waals surface area contributed by atoms with Crippen molar-refractivity contribution in [1.82, 2.24) is 4.98 Å². The number of nitrogens with zero attached hydrogens (tertiary/aromatic N) is 1. The number of benzene rings is 2. The lowest BCUT2D eigenvalue weighted by atomic mass is 9.99. The second-order valence-corrected chi connectivity index (χ2v) is 5.63. The minimum atomic E-state index is -0.231. The Morgan fingerprint density at radius 1 is 1.00 bits per heavy atom.